The second-order valence-corrected chi connectivity index (χ2v) is 6.47. The number of aromatic nitrogens is 3. The zero-order valence-electron chi connectivity index (χ0n) is 8.18. The molecular weight excluding hydrogens is 312 g/mol. The average molecular weight is 319 g/mol. The van der Waals surface area contributed by atoms with Gasteiger partial charge in [0, 0.05) is 17.4 Å². The molecule has 0 spiro atoms. The number of anilines is 1. The summed E-state index contributed by atoms with van der Waals surface area (Å²) >= 11 is 3.47. The molecule has 0 amide bonds. The van der Waals surface area contributed by atoms with E-state index in [1.165, 1.54) is 17.6 Å². The van der Waals surface area contributed by atoms with Gasteiger partial charge in [-0.3, -0.25) is 0 Å². The summed E-state index contributed by atoms with van der Waals surface area (Å²) in [6, 6.07) is 1.70. The highest BCUT2D eigenvalue weighted by atomic mass is 79.9. The van der Waals surface area contributed by atoms with Crippen LogP contribution < -0.4 is 5.73 Å². The summed E-state index contributed by atoms with van der Waals surface area (Å²) < 4.78 is 12.1. The van der Waals surface area contributed by atoms with Crippen LogP contribution in [-0.4, -0.2) is 25.8 Å². The molecule has 0 fully saturated rings. The number of nitrogen functional groups attached to an aromatic ring is 1. The molecule has 0 bridgehead atoms. The standard InChI is InChI=1S/C8H7BrN4OS2/c1-16(14)8-11-3-2-4(12-8)5-6(9)15-7(10)13-5/h2-3H,1H3,(H2,10,13). The van der Waals surface area contributed by atoms with E-state index >= 15 is 0 Å². The van der Waals surface area contributed by atoms with Crippen LogP contribution in [0.5, 0.6) is 0 Å². The molecule has 0 radical (unpaired) electrons. The summed E-state index contributed by atoms with van der Waals surface area (Å²) in [5.41, 5.74) is 6.85. The Morgan fingerprint density at radius 2 is 2.25 bits per heavy atom. The molecule has 2 aromatic rings. The van der Waals surface area contributed by atoms with E-state index in [2.05, 4.69) is 30.9 Å². The van der Waals surface area contributed by atoms with E-state index in [0.717, 1.165) is 3.79 Å². The van der Waals surface area contributed by atoms with Crippen molar-refractivity contribution in [3.8, 4) is 11.4 Å². The molecule has 2 rings (SSSR count). The van der Waals surface area contributed by atoms with Crippen LogP contribution in [0, 0.1) is 0 Å². The van der Waals surface area contributed by atoms with E-state index in [9.17, 15) is 4.55 Å². The van der Waals surface area contributed by atoms with Crippen molar-refractivity contribution in [3.05, 3.63) is 16.0 Å². The van der Waals surface area contributed by atoms with Crippen molar-refractivity contribution < 1.29 is 4.55 Å². The third-order valence-electron chi connectivity index (χ3n) is 1.74. The SMILES string of the molecule is C[S+]([O-])c1nccc(-c2nc(N)sc2Br)n1. The highest BCUT2D eigenvalue weighted by Crippen LogP contribution is 2.33. The quantitative estimate of drug-likeness (QED) is 0.672. The first-order valence-corrected chi connectivity index (χ1v) is 7.33. The largest absolute Gasteiger partial charge is 0.609 e. The van der Waals surface area contributed by atoms with Crippen molar-refractivity contribution in [1.82, 2.24) is 15.0 Å². The maximum Gasteiger partial charge on any atom is 0.343 e. The Hall–Kier alpha value is -0.700. The van der Waals surface area contributed by atoms with Crippen molar-refractivity contribution >= 4 is 43.6 Å². The monoisotopic (exact) mass is 318 g/mol. The molecule has 1 atom stereocenters. The number of nitrogens with zero attached hydrogens (tertiary/aromatic N) is 3. The Morgan fingerprint density at radius 1 is 1.50 bits per heavy atom. The maximum absolute atomic E-state index is 11.3. The average Bonchev–Trinajstić information content (AvgIpc) is 2.58. The van der Waals surface area contributed by atoms with Crippen LogP contribution in [0.15, 0.2) is 21.2 Å². The summed E-state index contributed by atoms with van der Waals surface area (Å²) in [5, 5.41) is 0.746. The first-order chi connectivity index (χ1) is 7.58. The normalized spacial score (nSPS) is 12.7. The lowest BCUT2D eigenvalue weighted by Gasteiger charge is -2.02. The summed E-state index contributed by atoms with van der Waals surface area (Å²) in [5.74, 6) is 0. The van der Waals surface area contributed by atoms with E-state index in [4.69, 9.17) is 5.73 Å². The second-order valence-electron chi connectivity index (χ2n) is 2.85. The molecule has 2 N–H and O–H groups in total. The van der Waals surface area contributed by atoms with Crippen LogP contribution in [0.25, 0.3) is 11.4 Å². The first kappa shape index (κ1) is 11.8. The van der Waals surface area contributed by atoms with Gasteiger partial charge in [-0.1, -0.05) is 11.3 Å². The van der Waals surface area contributed by atoms with Crippen molar-refractivity contribution in [3.63, 3.8) is 0 Å². The smallest absolute Gasteiger partial charge is 0.343 e. The molecule has 8 heteroatoms. The van der Waals surface area contributed by atoms with E-state index in [0.29, 0.717) is 16.5 Å². The van der Waals surface area contributed by atoms with Crippen LogP contribution in [0.1, 0.15) is 0 Å². The molecule has 0 aromatic carbocycles. The third kappa shape index (κ3) is 2.34. The van der Waals surface area contributed by atoms with Gasteiger partial charge in [0.05, 0.1) is 5.69 Å². The lowest BCUT2D eigenvalue weighted by atomic mass is 10.3. The fourth-order valence-corrected chi connectivity index (χ4v) is 2.88. The zero-order chi connectivity index (χ0) is 11.7. The highest BCUT2D eigenvalue weighted by molar-refractivity contribution is 9.11. The minimum atomic E-state index is -1.21. The molecule has 0 aliphatic carbocycles. The molecule has 2 aromatic heterocycles. The number of hydrogen-bond donors (Lipinski definition) is 1. The van der Waals surface area contributed by atoms with Gasteiger partial charge < -0.3 is 10.3 Å². The molecule has 2 heterocycles. The number of hydrogen-bond acceptors (Lipinski definition) is 6. The number of thiazole rings is 1. The Kier molecular flexibility index (Phi) is 3.43. The molecule has 1 unspecified atom stereocenters. The van der Waals surface area contributed by atoms with Crippen molar-refractivity contribution in [2.45, 2.75) is 5.16 Å². The van der Waals surface area contributed by atoms with Crippen molar-refractivity contribution in [1.29, 1.82) is 0 Å². The molecule has 0 saturated carbocycles. The van der Waals surface area contributed by atoms with E-state index in [1.807, 2.05) is 0 Å². The summed E-state index contributed by atoms with van der Waals surface area (Å²) in [7, 11) is 0. The third-order valence-corrected chi connectivity index (χ3v) is 3.98. The molecule has 0 aliphatic rings. The minimum absolute atomic E-state index is 0.288. The van der Waals surface area contributed by atoms with Crippen molar-refractivity contribution in [2.24, 2.45) is 0 Å². The van der Waals surface area contributed by atoms with Gasteiger partial charge in [0.25, 0.3) is 0 Å². The lowest BCUT2D eigenvalue weighted by Crippen LogP contribution is -2.04. The van der Waals surface area contributed by atoms with Gasteiger partial charge in [-0.2, -0.15) is 9.97 Å². The molecule has 5 nitrogen and oxygen atoms in total. The molecule has 84 valence electrons. The molecule has 16 heavy (non-hydrogen) atoms. The van der Waals surface area contributed by atoms with Crippen LogP contribution in [-0.2, 0) is 11.2 Å². The van der Waals surface area contributed by atoms with Gasteiger partial charge in [-0.15, -0.1) is 0 Å². The summed E-state index contributed by atoms with van der Waals surface area (Å²) in [6.07, 6.45) is 3.09. The Bertz CT molecular complexity index is 516. The van der Waals surface area contributed by atoms with E-state index < -0.39 is 11.2 Å². The zero-order valence-corrected chi connectivity index (χ0v) is 11.4. The molecule has 0 saturated heterocycles. The predicted octanol–water partition coefficient (Wildman–Crippen LogP) is 1.68. The second kappa shape index (κ2) is 4.66. The predicted molar refractivity (Wildman–Crippen MR) is 67.6 cm³/mol. The lowest BCUT2D eigenvalue weighted by molar-refractivity contribution is 0.592. The number of halogens is 1. The van der Waals surface area contributed by atoms with Crippen LogP contribution in [0.2, 0.25) is 0 Å². The van der Waals surface area contributed by atoms with Gasteiger partial charge >= 0.3 is 5.16 Å². The van der Waals surface area contributed by atoms with Gasteiger partial charge in [-0.25, -0.2) is 4.98 Å². The van der Waals surface area contributed by atoms with Crippen LogP contribution >= 0.6 is 27.3 Å². The summed E-state index contributed by atoms with van der Waals surface area (Å²) in [4.78, 5) is 12.2. The number of rotatable bonds is 2. The Balaban J connectivity index is 2.48. The van der Waals surface area contributed by atoms with Gasteiger partial charge in [-0.05, 0) is 22.0 Å². The Morgan fingerprint density at radius 3 is 2.81 bits per heavy atom. The fourth-order valence-electron chi connectivity index (χ4n) is 1.09. The van der Waals surface area contributed by atoms with Gasteiger partial charge in [0.1, 0.15) is 15.7 Å². The van der Waals surface area contributed by atoms with Crippen LogP contribution in [0.4, 0.5) is 5.13 Å². The van der Waals surface area contributed by atoms with Crippen molar-refractivity contribution in [2.75, 3.05) is 12.0 Å². The van der Waals surface area contributed by atoms with Gasteiger partial charge in [0.15, 0.2) is 5.13 Å². The molecular formula is C8H7BrN4OS2. The molecule has 0 aliphatic heterocycles. The first-order valence-electron chi connectivity index (χ1n) is 4.16. The number of nitrogens with two attached hydrogens (primary N) is 1. The minimum Gasteiger partial charge on any atom is -0.609 e. The maximum atomic E-state index is 11.3. The van der Waals surface area contributed by atoms with Gasteiger partial charge in [0.2, 0.25) is 0 Å². The van der Waals surface area contributed by atoms with Crippen LogP contribution in [0.3, 0.4) is 0 Å². The van der Waals surface area contributed by atoms with E-state index in [-0.39, 0.29) is 5.16 Å². The Labute approximate surface area is 107 Å². The topological polar surface area (TPSA) is 87.8 Å². The van der Waals surface area contributed by atoms with E-state index in [1.54, 1.807) is 12.3 Å². The highest BCUT2D eigenvalue weighted by Gasteiger charge is 2.14. The summed E-state index contributed by atoms with van der Waals surface area (Å²) in [6.45, 7) is 0. The fraction of sp³-hybridized carbons (Fsp3) is 0.125.